The average molecular weight is 337 g/mol. The van der Waals surface area contributed by atoms with Gasteiger partial charge in [0.05, 0.1) is 6.54 Å². The summed E-state index contributed by atoms with van der Waals surface area (Å²) in [7, 11) is 0. The van der Waals surface area contributed by atoms with Crippen molar-refractivity contribution in [2.45, 2.75) is 20.8 Å². The highest BCUT2D eigenvalue weighted by atomic mass is 16.2. The van der Waals surface area contributed by atoms with Crippen LogP contribution in [0.15, 0.2) is 42.5 Å². The number of hydrogen-bond donors (Lipinski definition) is 1. The predicted molar refractivity (Wildman–Crippen MR) is 104 cm³/mol. The van der Waals surface area contributed by atoms with Crippen molar-refractivity contribution in [3.63, 3.8) is 0 Å². The molecule has 4 nitrogen and oxygen atoms in total. The smallest absolute Gasteiger partial charge is 0.238 e. The van der Waals surface area contributed by atoms with Crippen molar-refractivity contribution in [1.29, 1.82) is 0 Å². The van der Waals surface area contributed by atoms with Crippen LogP contribution in [0.5, 0.6) is 0 Å². The number of rotatable bonds is 4. The lowest BCUT2D eigenvalue weighted by Crippen LogP contribution is -2.48. The van der Waals surface area contributed by atoms with Gasteiger partial charge in [0.1, 0.15) is 0 Å². The summed E-state index contributed by atoms with van der Waals surface area (Å²) < 4.78 is 0. The number of anilines is 2. The number of aryl methyl sites for hydroxylation is 2. The van der Waals surface area contributed by atoms with Gasteiger partial charge in [0, 0.05) is 37.6 Å². The third-order valence-electron chi connectivity index (χ3n) is 4.99. The highest BCUT2D eigenvalue weighted by Gasteiger charge is 2.19. The third kappa shape index (κ3) is 4.40. The molecule has 2 aromatic carbocycles. The van der Waals surface area contributed by atoms with Gasteiger partial charge in [-0.15, -0.1) is 0 Å². The summed E-state index contributed by atoms with van der Waals surface area (Å²) in [6.07, 6.45) is 0. The van der Waals surface area contributed by atoms with E-state index in [9.17, 15) is 4.79 Å². The van der Waals surface area contributed by atoms with Crippen LogP contribution < -0.4 is 10.2 Å². The van der Waals surface area contributed by atoms with Gasteiger partial charge >= 0.3 is 0 Å². The van der Waals surface area contributed by atoms with Crippen molar-refractivity contribution in [1.82, 2.24) is 4.90 Å². The molecule has 3 rings (SSSR count). The fraction of sp³-hybridized carbons (Fsp3) is 0.381. The van der Waals surface area contributed by atoms with Crippen LogP contribution in [0, 0.1) is 20.8 Å². The first-order valence-corrected chi connectivity index (χ1v) is 8.93. The Morgan fingerprint density at radius 2 is 1.72 bits per heavy atom. The van der Waals surface area contributed by atoms with Crippen LogP contribution >= 0.6 is 0 Å². The molecule has 0 aliphatic carbocycles. The first kappa shape index (κ1) is 17.5. The zero-order valence-electron chi connectivity index (χ0n) is 15.4. The van der Waals surface area contributed by atoms with E-state index in [2.05, 4.69) is 59.3 Å². The molecule has 0 radical (unpaired) electrons. The van der Waals surface area contributed by atoms with Gasteiger partial charge in [-0.05, 0) is 55.7 Å². The first-order chi connectivity index (χ1) is 12.0. The van der Waals surface area contributed by atoms with Crippen molar-refractivity contribution >= 4 is 17.3 Å². The number of nitrogens with one attached hydrogen (secondary N) is 1. The maximum atomic E-state index is 12.4. The van der Waals surface area contributed by atoms with Crippen LogP contribution in [0.1, 0.15) is 16.7 Å². The zero-order chi connectivity index (χ0) is 17.8. The van der Waals surface area contributed by atoms with E-state index in [1.165, 1.54) is 16.8 Å². The zero-order valence-corrected chi connectivity index (χ0v) is 15.4. The lowest BCUT2D eigenvalue weighted by atomic mass is 10.1. The molecule has 0 bridgehead atoms. The molecule has 0 saturated carbocycles. The Kier molecular flexibility index (Phi) is 5.39. The summed E-state index contributed by atoms with van der Waals surface area (Å²) in [5.74, 6) is 0.0673. The Bertz CT molecular complexity index is 749. The molecule has 0 aromatic heterocycles. The van der Waals surface area contributed by atoms with Gasteiger partial charge in [-0.25, -0.2) is 0 Å². The summed E-state index contributed by atoms with van der Waals surface area (Å²) in [5, 5.41) is 3.05. The van der Waals surface area contributed by atoms with Crippen LogP contribution in [0.4, 0.5) is 11.4 Å². The summed E-state index contributed by atoms with van der Waals surface area (Å²) in [5.41, 5.74) is 5.82. The van der Waals surface area contributed by atoms with Crippen LogP contribution in [0.2, 0.25) is 0 Å². The average Bonchev–Trinajstić information content (AvgIpc) is 2.60. The van der Waals surface area contributed by atoms with Crippen LogP contribution in [-0.4, -0.2) is 43.5 Å². The number of piperazine rings is 1. The van der Waals surface area contributed by atoms with E-state index in [1.54, 1.807) is 0 Å². The SMILES string of the molecule is Cc1cccc(N2CCN(CC(=O)Nc3cccc(C)c3C)CC2)c1. The van der Waals surface area contributed by atoms with Crippen LogP contribution in [-0.2, 0) is 4.79 Å². The second kappa shape index (κ2) is 7.70. The number of carbonyl (C=O) groups is 1. The number of hydrogen-bond acceptors (Lipinski definition) is 3. The van der Waals surface area contributed by atoms with Gasteiger partial charge < -0.3 is 10.2 Å². The normalized spacial score (nSPS) is 15.2. The molecule has 2 aromatic rings. The maximum Gasteiger partial charge on any atom is 0.238 e. The van der Waals surface area contributed by atoms with Crippen LogP contribution in [0.3, 0.4) is 0 Å². The minimum atomic E-state index is 0.0673. The Morgan fingerprint density at radius 3 is 2.44 bits per heavy atom. The molecule has 1 saturated heterocycles. The highest BCUT2D eigenvalue weighted by Crippen LogP contribution is 2.19. The third-order valence-corrected chi connectivity index (χ3v) is 4.99. The number of carbonyl (C=O) groups excluding carboxylic acids is 1. The van der Waals surface area contributed by atoms with Crippen molar-refractivity contribution in [3.8, 4) is 0 Å². The second-order valence-corrected chi connectivity index (χ2v) is 6.90. The Balaban J connectivity index is 1.52. The Hall–Kier alpha value is -2.33. The molecule has 0 unspecified atom stereocenters. The first-order valence-electron chi connectivity index (χ1n) is 8.93. The summed E-state index contributed by atoms with van der Waals surface area (Å²) in [6.45, 7) is 10.4. The fourth-order valence-corrected chi connectivity index (χ4v) is 3.27. The molecular weight excluding hydrogens is 310 g/mol. The minimum absolute atomic E-state index is 0.0673. The van der Waals surface area contributed by atoms with E-state index >= 15 is 0 Å². The van der Waals surface area contributed by atoms with E-state index in [0.717, 1.165) is 37.4 Å². The highest BCUT2D eigenvalue weighted by molar-refractivity contribution is 5.93. The van der Waals surface area contributed by atoms with Gasteiger partial charge in [-0.3, -0.25) is 9.69 Å². The van der Waals surface area contributed by atoms with Crippen molar-refractivity contribution in [2.75, 3.05) is 42.9 Å². The molecule has 1 aliphatic rings. The Labute approximate surface area is 150 Å². The number of amides is 1. The number of nitrogens with zero attached hydrogens (tertiary/aromatic N) is 2. The topological polar surface area (TPSA) is 35.6 Å². The van der Waals surface area contributed by atoms with Crippen LogP contribution in [0.25, 0.3) is 0 Å². The maximum absolute atomic E-state index is 12.4. The van der Waals surface area contributed by atoms with Crippen molar-refractivity contribution < 1.29 is 4.79 Å². The van der Waals surface area contributed by atoms with E-state index in [1.807, 2.05) is 19.1 Å². The van der Waals surface area contributed by atoms with Gasteiger partial charge in [0.25, 0.3) is 0 Å². The van der Waals surface area contributed by atoms with E-state index < -0.39 is 0 Å². The van der Waals surface area contributed by atoms with E-state index in [-0.39, 0.29) is 5.91 Å². The summed E-state index contributed by atoms with van der Waals surface area (Å²) >= 11 is 0. The lowest BCUT2D eigenvalue weighted by molar-refractivity contribution is -0.117. The molecule has 25 heavy (non-hydrogen) atoms. The summed E-state index contributed by atoms with van der Waals surface area (Å²) in [6, 6.07) is 14.6. The van der Waals surface area contributed by atoms with Gasteiger partial charge in [-0.2, -0.15) is 0 Å². The molecule has 1 amide bonds. The molecule has 1 fully saturated rings. The monoisotopic (exact) mass is 337 g/mol. The fourth-order valence-electron chi connectivity index (χ4n) is 3.27. The molecule has 0 spiro atoms. The molecule has 1 heterocycles. The number of benzene rings is 2. The minimum Gasteiger partial charge on any atom is -0.369 e. The van der Waals surface area contributed by atoms with Crippen molar-refractivity contribution in [2.24, 2.45) is 0 Å². The largest absolute Gasteiger partial charge is 0.369 e. The molecule has 1 N–H and O–H groups in total. The lowest BCUT2D eigenvalue weighted by Gasteiger charge is -2.35. The molecule has 132 valence electrons. The van der Waals surface area contributed by atoms with Crippen molar-refractivity contribution in [3.05, 3.63) is 59.2 Å². The quantitative estimate of drug-likeness (QED) is 0.929. The predicted octanol–water partition coefficient (Wildman–Crippen LogP) is 3.37. The Morgan fingerprint density at radius 1 is 1.00 bits per heavy atom. The molecule has 0 atom stereocenters. The molecular formula is C21H27N3O. The van der Waals surface area contributed by atoms with Gasteiger partial charge in [0.15, 0.2) is 0 Å². The van der Waals surface area contributed by atoms with E-state index in [4.69, 9.17) is 0 Å². The second-order valence-electron chi connectivity index (χ2n) is 6.90. The standard InChI is InChI=1S/C21H27N3O/c1-16-6-4-8-19(14-16)24-12-10-23(11-13-24)15-21(25)22-20-9-5-7-17(2)18(20)3/h4-9,14H,10-13,15H2,1-3H3,(H,22,25). The van der Waals surface area contributed by atoms with Gasteiger partial charge in [-0.1, -0.05) is 24.3 Å². The molecule has 4 heteroatoms. The van der Waals surface area contributed by atoms with E-state index in [0.29, 0.717) is 6.54 Å². The summed E-state index contributed by atoms with van der Waals surface area (Å²) in [4.78, 5) is 17.0. The van der Waals surface area contributed by atoms with Gasteiger partial charge in [0.2, 0.25) is 5.91 Å². The molecule has 1 aliphatic heterocycles.